The maximum absolute atomic E-state index is 10.7. The zero-order valence-corrected chi connectivity index (χ0v) is 27.8. The van der Waals surface area contributed by atoms with E-state index < -0.39 is 9.85 Å². The summed E-state index contributed by atoms with van der Waals surface area (Å²) in [4.78, 5) is 28.3. The fraction of sp³-hybridized carbons (Fsp3) is 0.0588. The number of non-ortho nitro benzene ring substituents is 2. The molecule has 0 bridgehead atoms. The topological polar surface area (TPSA) is 228 Å². The van der Waals surface area contributed by atoms with Crippen molar-refractivity contribution in [2.45, 2.75) is 13.8 Å². The quantitative estimate of drug-likeness (QED) is 0.0753. The summed E-state index contributed by atoms with van der Waals surface area (Å²) in [6, 6.07) is 25.4. The van der Waals surface area contributed by atoms with Crippen molar-refractivity contribution in [3.05, 3.63) is 140 Å². The normalized spacial score (nSPS) is 10.9. The number of benzene rings is 4. The number of aryl methyl sites for hydroxylation is 2. The number of nitro benzene ring substituents is 2. The third-order valence-electron chi connectivity index (χ3n) is 7.17. The Morgan fingerprint density at radius 1 is 0.608 bits per heavy atom. The first kappa shape index (κ1) is 37.0. The third-order valence-corrected chi connectivity index (χ3v) is 7.17. The van der Waals surface area contributed by atoms with Gasteiger partial charge in [-0.2, -0.15) is 10.2 Å². The van der Waals surface area contributed by atoms with Crippen molar-refractivity contribution in [2.75, 3.05) is 0 Å². The molecular formula is C34H28CoN8O8. The molecule has 2 aromatic heterocycles. The van der Waals surface area contributed by atoms with Gasteiger partial charge in [-0.25, -0.2) is 9.36 Å². The molecule has 0 saturated carbocycles. The molecule has 0 aliphatic carbocycles. The van der Waals surface area contributed by atoms with Crippen LogP contribution in [0.2, 0.25) is 0 Å². The molecule has 6 rings (SSSR count). The van der Waals surface area contributed by atoms with E-state index in [0.717, 1.165) is 12.1 Å². The van der Waals surface area contributed by atoms with Gasteiger partial charge in [0.25, 0.3) is 11.4 Å². The second-order valence-electron chi connectivity index (χ2n) is 10.5. The smallest absolute Gasteiger partial charge is 0.273 e. The minimum atomic E-state index is -0.604. The number of aromatic hydroxyl groups is 4. The molecule has 0 aliphatic rings. The van der Waals surface area contributed by atoms with E-state index in [1.165, 1.54) is 46.1 Å². The van der Waals surface area contributed by atoms with Gasteiger partial charge in [0.05, 0.1) is 55.9 Å². The molecule has 1 radical (unpaired) electrons. The average molecular weight is 736 g/mol. The van der Waals surface area contributed by atoms with Crippen LogP contribution in [-0.2, 0) is 16.8 Å². The van der Waals surface area contributed by atoms with Gasteiger partial charge < -0.3 is 20.4 Å². The fourth-order valence-corrected chi connectivity index (χ4v) is 4.59. The Hall–Kier alpha value is -6.85. The number of hydrogen-bond acceptors (Lipinski definition) is 12. The predicted molar refractivity (Wildman–Crippen MR) is 184 cm³/mol. The summed E-state index contributed by atoms with van der Waals surface area (Å²) in [5, 5.41) is 70.4. The molecule has 2 heterocycles. The van der Waals surface area contributed by atoms with Gasteiger partial charge in [0, 0.05) is 41.3 Å². The molecule has 0 amide bonds. The zero-order valence-electron chi connectivity index (χ0n) is 26.7. The molecule has 261 valence electrons. The van der Waals surface area contributed by atoms with E-state index in [9.17, 15) is 40.7 Å². The van der Waals surface area contributed by atoms with Crippen molar-refractivity contribution in [2.24, 2.45) is 9.98 Å². The van der Waals surface area contributed by atoms with E-state index in [0.29, 0.717) is 33.9 Å². The molecule has 0 fully saturated rings. The number of aliphatic imine (C=N–C) groups is 2. The molecule has 4 N–H and O–H groups in total. The van der Waals surface area contributed by atoms with E-state index in [1.54, 1.807) is 38.1 Å². The van der Waals surface area contributed by atoms with Gasteiger partial charge in [-0.15, -0.1) is 0 Å². The van der Waals surface area contributed by atoms with Gasteiger partial charge in [-0.3, -0.25) is 30.2 Å². The van der Waals surface area contributed by atoms with Gasteiger partial charge in [0.15, 0.2) is 0 Å². The number of rotatable bonds is 8. The van der Waals surface area contributed by atoms with Gasteiger partial charge in [-0.1, -0.05) is 36.4 Å². The monoisotopic (exact) mass is 735 g/mol. The Morgan fingerprint density at radius 2 is 0.961 bits per heavy atom. The summed E-state index contributed by atoms with van der Waals surface area (Å²) >= 11 is 0. The summed E-state index contributed by atoms with van der Waals surface area (Å²) in [6.45, 7) is 3.44. The van der Waals surface area contributed by atoms with Gasteiger partial charge >= 0.3 is 0 Å². The molecule has 0 unspecified atom stereocenters. The van der Waals surface area contributed by atoms with E-state index in [1.807, 2.05) is 36.4 Å². The minimum absolute atomic E-state index is 0. The van der Waals surface area contributed by atoms with Crippen LogP contribution in [0.5, 0.6) is 23.3 Å². The molecule has 0 atom stereocenters. The third kappa shape index (κ3) is 8.42. The number of nitro groups is 2. The van der Waals surface area contributed by atoms with Gasteiger partial charge in [0.2, 0.25) is 11.8 Å². The predicted octanol–water partition coefficient (Wildman–Crippen LogP) is 6.50. The zero-order chi connectivity index (χ0) is 35.9. The SMILES string of the molecule is Cc1nn(-c2ccccc2)c(O)c1C=Nc1ccc([N+](=O)[O-])cc1O.Cc1nn(-c2ccccc2)c(O)c1C=Nc1ccc([N+](=O)[O-])cc1O.[Co]. The van der Waals surface area contributed by atoms with Crippen LogP contribution in [0.3, 0.4) is 0 Å². The Kier molecular flexibility index (Phi) is 11.6. The van der Waals surface area contributed by atoms with Crippen LogP contribution in [0, 0.1) is 34.1 Å². The van der Waals surface area contributed by atoms with Crippen molar-refractivity contribution in [3.8, 4) is 34.6 Å². The number of phenolic OH excluding ortho intramolecular Hbond substituents is 2. The molecule has 16 nitrogen and oxygen atoms in total. The molecule has 4 aromatic carbocycles. The second kappa shape index (κ2) is 16.0. The second-order valence-corrected chi connectivity index (χ2v) is 10.5. The number of para-hydroxylation sites is 2. The maximum Gasteiger partial charge on any atom is 0.273 e. The first-order valence-electron chi connectivity index (χ1n) is 14.7. The molecule has 17 heteroatoms. The first-order chi connectivity index (χ1) is 23.9. The maximum atomic E-state index is 10.7. The standard InChI is InChI=1S/2C17H14N4O4.Co/c2*1-11-14(17(23)20(19-11)12-5-3-2-4-6-12)10-18-15-8-7-13(21(24)25)9-16(15)22;/h2*2-10,22-23H,1H3;. The Morgan fingerprint density at radius 3 is 1.27 bits per heavy atom. The van der Waals surface area contributed by atoms with Gasteiger partial charge in [-0.05, 0) is 50.2 Å². The largest absolute Gasteiger partial charge is 0.505 e. The molecule has 0 aliphatic heterocycles. The van der Waals surface area contributed by atoms with E-state index >= 15 is 0 Å². The number of nitrogens with zero attached hydrogens (tertiary/aromatic N) is 8. The van der Waals surface area contributed by atoms with Crippen molar-refractivity contribution < 1.29 is 47.1 Å². The van der Waals surface area contributed by atoms with Crippen molar-refractivity contribution in [1.82, 2.24) is 19.6 Å². The minimum Gasteiger partial charge on any atom is -0.505 e. The molecule has 0 saturated heterocycles. The van der Waals surface area contributed by atoms with Crippen LogP contribution in [0.1, 0.15) is 22.5 Å². The summed E-state index contributed by atoms with van der Waals surface area (Å²) < 4.78 is 2.76. The van der Waals surface area contributed by atoms with Crippen LogP contribution in [0.25, 0.3) is 11.4 Å². The average Bonchev–Trinajstić information content (AvgIpc) is 3.56. The molecule has 0 spiro atoms. The molecular weight excluding hydrogens is 707 g/mol. The van der Waals surface area contributed by atoms with Crippen molar-refractivity contribution in [1.29, 1.82) is 0 Å². The Labute approximate surface area is 299 Å². The van der Waals surface area contributed by atoms with Crippen LogP contribution >= 0.6 is 0 Å². The number of hydrogen-bond donors (Lipinski definition) is 4. The summed E-state index contributed by atoms with van der Waals surface area (Å²) in [6.07, 6.45) is 2.72. The summed E-state index contributed by atoms with van der Waals surface area (Å²) in [5.74, 6) is -0.821. The summed E-state index contributed by atoms with van der Waals surface area (Å²) in [5.41, 5.74) is 3.11. The number of aromatic nitrogens is 4. The van der Waals surface area contributed by atoms with Crippen LogP contribution in [0.15, 0.2) is 107 Å². The summed E-state index contributed by atoms with van der Waals surface area (Å²) in [7, 11) is 0. The Bertz CT molecular complexity index is 2090. The van der Waals surface area contributed by atoms with Crippen LogP contribution in [-0.4, -0.2) is 62.3 Å². The molecule has 6 aromatic rings. The van der Waals surface area contributed by atoms with Crippen LogP contribution in [0.4, 0.5) is 22.7 Å². The van der Waals surface area contributed by atoms with E-state index in [2.05, 4.69) is 20.2 Å². The first-order valence-corrected chi connectivity index (χ1v) is 14.7. The van der Waals surface area contributed by atoms with E-state index in [4.69, 9.17) is 0 Å². The van der Waals surface area contributed by atoms with Gasteiger partial charge in [0.1, 0.15) is 22.9 Å². The fourth-order valence-electron chi connectivity index (χ4n) is 4.59. The molecule has 51 heavy (non-hydrogen) atoms. The number of phenols is 2. The van der Waals surface area contributed by atoms with Crippen molar-refractivity contribution >= 4 is 35.2 Å². The van der Waals surface area contributed by atoms with Crippen molar-refractivity contribution in [3.63, 3.8) is 0 Å². The van der Waals surface area contributed by atoms with E-state index in [-0.39, 0.29) is 62.8 Å². The Balaban J connectivity index is 0.000000224. The van der Waals surface area contributed by atoms with Crippen LogP contribution < -0.4 is 0 Å².